The Bertz CT molecular complexity index is 710. The van der Waals surface area contributed by atoms with Crippen LogP contribution in [0.25, 0.3) is 0 Å². The van der Waals surface area contributed by atoms with E-state index in [1.54, 1.807) is 40.0 Å². The Morgan fingerprint density at radius 2 is 1.65 bits per heavy atom. The van der Waals surface area contributed by atoms with E-state index in [0.29, 0.717) is 5.56 Å². The Hall–Kier alpha value is -2.40. The standard InChI is InChI=1S/C21H26FNO3/c1-21(2,3)26-20(25)23(4)14-18(15-8-6-5-7-9-15)19(24)16-10-12-17(22)13-11-16/h5-13,18-19,24H,14H2,1-4H3/t18-,19-/m1/s1. The van der Waals surface area contributed by atoms with E-state index in [1.165, 1.54) is 17.0 Å². The van der Waals surface area contributed by atoms with Crippen LogP contribution >= 0.6 is 0 Å². The number of nitrogens with zero attached hydrogens (tertiary/aromatic N) is 1. The molecule has 0 aromatic heterocycles. The van der Waals surface area contributed by atoms with E-state index in [-0.39, 0.29) is 18.3 Å². The van der Waals surface area contributed by atoms with Crippen molar-refractivity contribution in [2.45, 2.75) is 38.4 Å². The van der Waals surface area contributed by atoms with Crippen molar-refractivity contribution < 1.29 is 19.0 Å². The third-order valence-electron chi connectivity index (χ3n) is 4.00. The van der Waals surface area contributed by atoms with Crippen molar-refractivity contribution in [1.82, 2.24) is 4.90 Å². The molecule has 0 saturated heterocycles. The lowest BCUT2D eigenvalue weighted by Gasteiger charge is -2.30. The number of likely N-dealkylation sites (N-methyl/N-ethyl adjacent to an activating group) is 1. The van der Waals surface area contributed by atoms with E-state index in [0.717, 1.165) is 5.56 Å². The minimum absolute atomic E-state index is 0.261. The predicted octanol–water partition coefficient (Wildman–Crippen LogP) is 4.51. The van der Waals surface area contributed by atoms with Crippen LogP contribution in [0.3, 0.4) is 0 Å². The van der Waals surface area contributed by atoms with Gasteiger partial charge in [0.15, 0.2) is 0 Å². The van der Waals surface area contributed by atoms with Crippen LogP contribution in [0, 0.1) is 5.82 Å². The largest absolute Gasteiger partial charge is 0.444 e. The van der Waals surface area contributed by atoms with Crippen LogP contribution in [0.2, 0.25) is 0 Å². The van der Waals surface area contributed by atoms with Crippen LogP contribution in [0.5, 0.6) is 0 Å². The highest BCUT2D eigenvalue weighted by atomic mass is 19.1. The van der Waals surface area contributed by atoms with Crippen LogP contribution in [-0.2, 0) is 4.74 Å². The minimum Gasteiger partial charge on any atom is -0.444 e. The Morgan fingerprint density at radius 3 is 2.19 bits per heavy atom. The summed E-state index contributed by atoms with van der Waals surface area (Å²) >= 11 is 0. The molecule has 0 fully saturated rings. The van der Waals surface area contributed by atoms with Crippen LogP contribution < -0.4 is 0 Å². The van der Waals surface area contributed by atoms with Crippen molar-refractivity contribution in [1.29, 1.82) is 0 Å². The van der Waals surface area contributed by atoms with E-state index in [4.69, 9.17) is 4.74 Å². The fourth-order valence-corrected chi connectivity index (χ4v) is 2.69. The van der Waals surface area contributed by atoms with Gasteiger partial charge in [0.1, 0.15) is 11.4 Å². The molecule has 0 saturated carbocycles. The number of hydrogen-bond donors (Lipinski definition) is 1. The zero-order valence-electron chi connectivity index (χ0n) is 15.6. The summed E-state index contributed by atoms with van der Waals surface area (Å²) < 4.78 is 18.6. The zero-order chi connectivity index (χ0) is 19.3. The first-order valence-corrected chi connectivity index (χ1v) is 8.60. The lowest BCUT2D eigenvalue weighted by molar-refractivity contribution is 0.0250. The number of halogens is 1. The van der Waals surface area contributed by atoms with E-state index in [9.17, 15) is 14.3 Å². The molecule has 0 aliphatic carbocycles. The fraction of sp³-hybridized carbons (Fsp3) is 0.381. The maximum atomic E-state index is 13.2. The molecule has 5 heteroatoms. The van der Waals surface area contributed by atoms with E-state index >= 15 is 0 Å². The summed E-state index contributed by atoms with van der Waals surface area (Å²) in [6.07, 6.45) is -1.34. The highest BCUT2D eigenvalue weighted by Gasteiger charge is 2.28. The molecule has 0 unspecified atom stereocenters. The van der Waals surface area contributed by atoms with Gasteiger partial charge in [-0.3, -0.25) is 0 Å². The molecule has 0 bridgehead atoms. The number of ether oxygens (including phenoxy) is 1. The molecule has 1 N–H and O–H groups in total. The SMILES string of the molecule is CN(C[C@H](c1ccccc1)[C@H](O)c1ccc(F)cc1)C(=O)OC(C)(C)C. The summed E-state index contributed by atoms with van der Waals surface area (Å²) in [5, 5.41) is 10.9. The summed E-state index contributed by atoms with van der Waals surface area (Å²) in [6.45, 7) is 5.68. The fourth-order valence-electron chi connectivity index (χ4n) is 2.69. The third kappa shape index (κ3) is 5.56. The number of aliphatic hydroxyl groups excluding tert-OH is 1. The van der Waals surface area contributed by atoms with Gasteiger partial charge in [0.05, 0.1) is 6.10 Å². The second-order valence-corrected chi connectivity index (χ2v) is 7.37. The van der Waals surface area contributed by atoms with Crippen LogP contribution in [0.15, 0.2) is 54.6 Å². The zero-order valence-corrected chi connectivity index (χ0v) is 15.6. The first-order chi connectivity index (χ1) is 12.2. The molecule has 26 heavy (non-hydrogen) atoms. The number of rotatable bonds is 5. The van der Waals surface area contributed by atoms with Gasteiger partial charge in [-0.1, -0.05) is 42.5 Å². The second-order valence-electron chi connectivity index (χ2n) is 7.37. The van der Waals surface area contributed by atoms with E-state index in [1.807, 2.05) is 30.3 Å². The second kappa shape index (κ2) is 8.32. The highest BCUT2D eigenvalue weighted by molar-refractivity contribution is 5.67. The molecule has 2 rings (SSSR count). The highest BCUT2D eigenvalue weighted by Crippen LogP contribution is 2.32. The van der Waals surface area contributed by atoms with Crippen molar-refractivity contribution in [3.05, 3.63) is 71.5 Å². The van der Waals surface area contributed by atoms with Crippen molar-refractivity contribution >= 4 is 6.09 Å². The molecular formula is C21H26FNO3. The minimum atomic E-state index is -0.886. The van der Waals surface area contributed by atoms with Gasteiger partial charge in [-0.2, -0.15) is 0 Å². The van der Waals surface area contributed by atoms with Gasteiger partial charge in [-0.15, -0.1) is 0 Å². The van der Waals surface area contributed by atoms with Gasteiger partial charge in [0, 0.05) is 19.5 Å². The van der Waals surface area contributed by atoms with Gasteiger partial charge in [-0.25, -0.2) is 9.18 Å². The lowest BCUT2D eigenvalue weighted by Crippen LogP contribution is -2.37. The van der Waals surface area contributed by atoms with Gasteiger partial charge in [-0.05, 0) is 44.0 Å². The van der Waals surface area contributed by atoms with Gasteiger partial charge in [0.2, 0.25) is 0 Å². The van der Waals surface area contributed by atoms with Crippen molar-refractivity contribution in [2.24, 2.45) is 0 Å². The first-order valence-electron chi connectivity index (χ1n) is 8.60. The molecule has 2 atom stereocenters. The quantitative estimate of drug-likeness (QED) is 0.854. The molecular weight excluding hydrogens is 333 g/mol. The van der Waals surface area contributed by atoms with Gasteiger partial charge >= 0.3 is 6.09 Å². The van der Waals surface area contributed by atoms with Crippen LogP contribution in [-0.4, -0.2) is 35.3 Å². The van der Waals surface area contributed by atoms with E-state index in [2.05, 4.69) is 0 Å². The van der Waals surface area contributed by atoms with E-state index < -0.39 is 17.8 Å². The summed E-state index contributed by atoms with van der Waals surface area (Å²) in [7, 11) is 1.64. The Kier molecular flexibility index (Phi) is 6.37. The Morgan fingerprint density at radius 1 is 1.08 bits per heavy atom. The number of hydrogen-bond acceptors (Lipinski definition) is 3. The molecule has 4 nitrogen and oxygen atoms in total. The maximum absolute atomic E-state index is 13.2. The number of benzene rings is 2. The average molecular weight is 359 g/mol. The van der Waals surface area contributed by atoms with Crippen LogP contribution in [0.4, 0.5) is 9.18 Å². The molecule has 0 aliphatic heterocycles. The van der Waals surface area contributed by atoms with Crippen LogP contribution in [0.1, 0.15) is 43.9 Å². The molecule has 0 aliphatic rings. The van der Waals surface area contributed by atoms with Crippen molar-refractivity contribution in [2.75, 3.05) is 13.6 Å². The number of amides is 1. The number of carbonyl (C=O) groups excluding carboxylic acids is 1. The normalized spacial score (nSPS) is 13.8. The maximum Gasteiger partial charge on any atom is 0.410 e. The number of aliphatic hydroxyl groups is 1. The Labute approximate surface area is 154 Å². The topological polar surface area (TPSA) is 49.8 Å². The molecule has 140 valence electrons. The summed E-state index contributed by atoms with van der Waals surface area (Å²) in [5.74, 6) is -0.734. The summed E-state index contributed by atoms with van der Waals surface area (Å²) in [6, 6.07) is 15.2. The van der Waals surface area contributed by atoms with Gasteiger partial charge < -0.3 is 14.7 Å². The number of carbonyl (C=O) groups is 1. The molecule has 0 heterocycles. The first kappa shape index (κ1) is 19.9. The van der Waals surface area contributed by atoms with Crippen molar-refractivity contribution in [3.8, 4) is 0 Å². The Balaban J connectivity index is 2.24. The predicted molar refractivity (Wildman–Crippen MR) is 99.4 cm³/mol. The molecule has 0 radical (unpaired) electrons. The lowest BCUT2D eigenvalue weighted by atomic mass is 9.88. The van der Waals surface area contributed by atoms with Crippen molar-refractivity contribution in [3.63, 3.8) is 0 Å². The summed E-state index contributed by atoms with van der Waals surface area (Å²) in [5.41, 5.74) is 0.890. The smallest absolute Gasteiger partial charge is 0.410 e. The molecule has 2 aromatic rings. The molecule has 2 aromatic carbocycles. The molecule has 0 spiro atoms. The third-order valence-corrected chi connectivity index (χ3v) is 4.00. The summed E-state index contributed by atoms with van der Waals surface area (Å²) in [4.78, 5) is 13.8. The molecule has 1 amide bonds. The monoisotopic (exact) mass is 359 g/mol. The average Bonchev–Trinajstić information content (AvgIpc) is 2.59. The van der Waals surface area contributed by atoms with Gasteiger partial charge in [0.25, 0.3) is 0 Å².